The molecular formula is C23H24N4O5S. The molecule has 172 valence electrons. The number of hydrogen-bond acceptors (Lipinski definition) is 8. The lowest BCUT2D eigenvalue weighted by atomic mass is 9.98. The van der Waals surface area contributed by atoms with Crippen molar-refractivity contribution in [3.63, 3.8) is 0 Å². The second kappa shape index (κ2) is 9.53. The molecule has 1 amide bonds. The molecule has 0 saturated carbocycles. The number of hydrogen-bond donors (Lipinski definition) is 1. The van der Waals surface area contributed by atoms with Crippen LogP contribution in [0.3, 0.4) is 0 Å². The second-order valence-electron chi connectivity index (χ2n) is 8.01. The Bertz CT molecular complexity index is 1220. The largest absolute Gasteiger partial charge is 0.462 e. The third kappa shape index (κ3) is 4.95. The van der Waals surface area contributed by atoms with Crippen LogP contribution in [0.15, 0.2) is 36.4 Å². The average molecular weight is 469 g/mol. The number of benzene rings is 2. The third-order valence-electron chi connectivity index (χ3n) is 5.68. The Morgan fingerprint density at radius 1 is 1.21 bits per heavy atom. The highest BCUT2D eigenvalue weighted by molar-refractivity contribution is 7.22. The van der Waals surface area contributed by atoms with Crippen molar-refractivity contribution in [2.24, 2.45) is 5.92 Å². The van der Waals surface area contributed by atoms with E-state index in [1.807, 2.05) is 4.90 Å². The van der Waals surface area contributed by atoms with Crippen molar-refractivity contribution in [1.29, 1.82) is 0 Å². The van der Waals surface area contributed by atoms with Crippen LogP contribution in [0.5, 0.6) is 0 Å². The zero-order valence-electron chi connectivity index (χ0n) is 18.4. The Morgan fingerprint density at radius 3 is 2.64 bits per heavy atom. The molecule has 0 bridgehead atoms. The van der Waals surface area contributed by atoms with E-state index >= 15 is 0 Å². The molecule has 4 rings (SSSR count). The van der Waals surface area contributed by atoms with Crippen molar-refractivity contribution < 1.29 is 19.2 Å². The van der Waals surface area contributed by atoms with E-state index < -0.39 is 16.8 Å². The van der Waals surface area contributed by atoms with E-state index in [1.165, 1.54) is 17.4 Å². The summed E-state index contributed by atoms with van der Waals surface area (Å²) in [4.78, 5) is 42.4. The number of nitrogens with zero attached hydrogens (tertiary/aromatic N) is 3. The van der Waals surface area contributed by atoms with Gasteiger partial charge in [0.2, 0.25) is 0 Å². The van der Waals surface area contributed by atoms with Crippen LogP contribution in [0, 0.1) is 16.0 Å². The Morgan fingerprint density at radius 2 is 1.94 bits per heavy atom. The minimum atomic E-state index is -0.485. The number of nitrogens with one attached hydrogen (secondary N) is 1. The van der Waals surface area contributed by atoms with Gasteiger partial charge in [-0.05, 0) is 56.0 Å². The van der Waals surface area contributed by atoms with Crippen LogP contribution in [0.2, 0.25) is 0 Å². The van der Waals surface area contributed by atoms with Crippen molar-refractivity contribution >= 4 is 49.9 Å². The van der Waals surface area contributed by atoms with Gasteiger partial charge in [0.15, 0.2) is 5.13 Å². The summed E-state index contributed by atoms with van der Waals surface area (Å²) in [5.41, 5.74) is 1.67. The number of fused-ring (bicyclic) bond motifs is 1. The highest BCUT2D eigenvalue weighted by Gasteiger charge is 2.25. The smallest absolute Gasteiger partial charge is 0.338 e. The van der Waals surface area contributed by atoms with Gasteiger partial charge in [-0.3, -0.25) is 20.2 Å². The Kier molecular flexibility index (Phi) is 6.55. The van der Waals surface area contributed by atoms with E-state index in [9.17, 15) is 19.7 Å². The first-order valence-electron chi connectivity index (χ1n) is 10.8. The first-order valence-corrected chi connectivity index (χ1v) is 11.6. The number of carbonyl (C=O) groups excluding carboxylic acids is 2. The van der Waals surface area contributed by atoms with Gasteiger partial charge in [-0.1, -0.05) is 18.3 Å². The monoisotopic (exact) mass is 468 g/mol. The fourth-order valence-corrected chi connectivity index (χ4v) is 4.72. The maximum absolute atomic E-state index is 12.8. The SMILES string of the molecule is CCOC(=O)c1ccc2nc(NC(=O)c3ccc(N4CCC(C)CC4)c([N+](=O)[O-])c3)sc2c1. The lowest BCUT2D eigenvalue weighted by Gasteiger charge is -2.31. The number of esters is 1. The van der Waals surface area contributed by atoms with E-state index in [2.05, 4.69) is 17.2 Å². The molecule has 0 radical (unpaired) electrons. The van der Waals surface area contributed by atoms with Gasteiger partial charge in [0.1, 0.15) is 5.69 Å². The maximum atomic E-state index is 12.8. The van der Waals surface area contributed by atoms with E-state index in [4.69, 9.17) is 4.74 Å². The highest BCUT2D eigenvalue weighted by Crippen LogP contribution is 2.33. The summed E-state index contributed by atoms with van der Waals surface area (Å²) in [6, 6.07) is 9.53. The first kappa shape index (κ1) is 22.7. The molecule has 1 N–H and O–H groups in total. The van der Waals surface area contributed by atoms with Crippen molar-refractivity contribution in [3.8, 4) is 0 Å². The number of nitro groups is 1. The number of carbonyl (C=O) groups is 2. The average Bonchev–Trinajstić information content (AvgIpc) is 3.20. The lowest BCUT2D eigenvalue weighted by Crippen LogP contribution is -2.33. The van der Waals surface area contributed by atoms with Crippen LogP contribution in [0.1, 0.15) is 47.4 Å². The molecule has 1 aliphatic rings. The molecule has 2 aromatic carbocycles. The second-order valence-corrected chi connectivity index (χ2v) is 9.04. The van der Waals surface area contributed by atoms with Gasteiger partial charge in [-0.2, -0.15) is 0 Å². The Balaban J connectivity index is 1.54. The number of rotatable bonds is 6. The zero-order chi connectivity index (χ0) is 23.5. The van der Waals surface area contributed by atoms with Gasteiger partial charge in [-0.15, -0.1) is 0 Å². The molecule has 1 saturated heterocycles. The van der Waals surface area contributed by atoms with E-state index in [-0.39, 0.29) is 17.9 Å². The normalized spacial score (nSPS) is 14.3. The summed E-state index contributed by atoms with van der Waals surface area (Å²) < 4.78 is 5.73. The quantitative estimate of drug-likeness (QED) is 0.312. The number of piperidine rings is 1. The number of anilines is 2. The standard InChI is InChI=1S/C23H24N4O5S/c1-3-32-22(29)16-4-6-17-20(13-16)33-23(24-17)25-21(28)15-5-7-18(19(12-15)27(30)31)26-10-8-14(2)9-11-26/h4-7,12-14H,3,8-11H2,1-2H3,(H,24,25,28). The van der Waals surface area contributed by atoms with Gasteiger partial charge in [0.25, 0.3) is 11.6 Å². The van der Waals surface area contributed by atoms with Crippen LogP contribution < -0.4 is 10.2 Å². The van der Waals surface area contributed by atoms with E-state index in [0.29, 0.717) is 27.8 Å². The fourth-order valence-electron chi connectivity index (χ4n) is 3.82. The summed E-state index contributed by atoms with van der Waals surface area (Å²) in [6.45, 7) is 5.71. The fraction of sp³-hybridized carbons (Fsp3) is 0.348. The summed E-state index contributed by atoms with van der Waals surface area (Å²) in [7, 11) is 0. The molecule has 2 heterocycles. The third-order valence-corrected chi connectivity index (χ3v) is 6.61. The molecule has 1 aliphatic heterocycles. The number of ether oxygens (including phenoxy) is 1. The van der Waals surface area contributed by atoms with Gasteiger partial charge in [0, 0.05) is 24.7 Å². The number of nitro benzene ring substituents is 1. The van der Waals surface area contributed by atoms with Crippen LogP contribution in [-0.2, 0) is 4.74 Å². The summed E-state index contributed by atoms with van der Waals surface area (Å²) in [5, 5.41) is 14.8. The topological polar surface area (TPSA) is 115 Å². The van der Waals surface area contributed by atoms with Crippen LogP contribution in [0.25, 0.3) is 10.2 Å². The molecule has 1 fully saturated rings. The summed E-state index contributed by atoms with van der Waals surface area (Å²) in [6.07, 6.45) is 1.96. The zero-order valence-corrected chi connectivity index (χ0v) is 19.2. The van der Waals surface area contributed by atoms with Crippen LogP contribution in [0.4, 0.5) is 16.5 Å². The van der Waals surface area contributed by atoms with Gasteiger partial charge >= 0.3 is 5.97 Å². The molecule has 3 aromatic rings. The molecule has 33 heavy (non-hydrogen) atoms. The molecule has 0 atom stereocenters. The molecule has 10 heteroatoms. The maximum Gasteiger partial charge on any atom is 0.338 e. The number of thiazole rings is 1. The van der Waals surface area contributed by atoms with Crippen LogP contribution >= 0.6 is 11.3 Å². The van der Waals surface area contributed by atoms with Crippen molar-refractivity contribution in [2.45, 2.75) is 26.7 Å². The van der Waals surface area contributed by atoms with Gasteiger partial charge in [0.05, 0.1) is 27.3 Å². The lowest BCUT2D eigenvalue weighted by molar-refractivity contribution is -0.384. The molecule has 0 unspecified atom stereocenters. The Labute approximate surface area is 194 Å². The minimum Gasteiger partial charge on any atom is -0.462 e. The van der Waals surface area contributed by atoms with E-state index in [0.717, 1.165) is 30.6 Å². The molecule has 9 nitrogen and oxygen atoms in total. The molecule has 0 aliphatic carbocycles. The number of amides is 1. The minimum absolute atomic E-state index is 0.0828. The highest BCUT2D eigenvalue weighted by atomic mass is 32.1. The summed E-state index contributed by atoms with van der Waals surface area (Å²) in [5.74, 6) is -0.303. The van der Waals surface area contributed by atoms with Crippen molar-refractivity contribution in [3.05, 3.63) is 57.6 Å². The predicted octanol–water partition coefficient (Wildman–Crippen LogP) is 4.87. The molecule has 1 aromatic heterocycles. The van der Waals surface area contributed by atoms with E-state index in [1.54, 1.807) is 37.3 Å². The predicted molar refractivity (Wildman–Crippen MR) is 127 cm³/mol. The van der Waals surface area contributed by atoms with Crippen molar-refractivity contribution in [1.82, 2.24) is 4.98 Å². The molecule has 0 spiro atoms. The van der Waals surface area contributed by atoms with Gasteiger partial charge < -0.3 is 9.64 Å². The Hall–Kier alpha value is -3.53. The summed E-state index contributed by atoms with van der Waals surface area (Å²) >= 11 is 1.21. The van der Waals surface area contributed by atoms with Gasteiger partial charge in [-0.25, -0.2) is 9.78 Å². The number of aromatic nitrogens is 1. The van der Waals surface area contributed by atoms with Crippen LogP contribution in [-0.4, -0.2) is 41.5 Å². The molecular weight excluding hydrogens is 444 g/mol. The van der Waals surface area contributed by atoms with Crippen molar-refractivity contribution in [2.75, 3.05) is 29.9 Å². The first-order chi connectivity index (χ1) is 15.9.